The van der Waals surface area contributed by atoms with Gasteiger partial charge in [-0.1, -0.05) is 48.6 Å². The fourth-order valence-electron chi connectivity index (χ4n) is 1.96. The summed E-state index contributed by atoms with van der Waals surface area (Å²) in [6, 6.07) is 9.77. The number of hydrogen-bond donors (Lipinski definition) is 0. The first-order valence-corrected chi connectivity index (χ1v) is 6.06. The lowest BCUT2D eigenvalue weighted by Gasteiger charge is -2.22. The number of nitrogens with zero attached hydrogens (tertiary/aromatic N) is 1. The van der Waals surface area contributed by atoms with Crippen molar-refractivity contribution < 1.29 is 9.53 Å². The third-order valence-corrected chi connectivity index (χ3v) is 2.91. The first-order chi connectivity index (χ1) is 8.81. The Morgan fingerprint density at radius 3 is 2.94 bits per heavy atom. The predicted molar refractivity (Wildman–Crippen MR) is 71.1 cm³/mol. The molecule has 0 saturated carbocycles. The lowest BCUT2D eigenvalue weighted by molar-refractivity contribution is 0.0953. The maximum atomic E-state index is 11.9. The molecule has 0 bridgehead atoms. The average molecular weight is 243 g/mol. The molecule has 0 saturated heterocycles. The molecule has 1 aromatic rings. The number of carbonyl (C=O) groups is 1. The zero-order chi connectivity index (χ0) is 12.8. The Morgan fingerprint density at radius 2 is 2.22 bits per heavy atom. The summed E-state index contributed by atoms with van der Waals surface area (Å²) < 4.78 is 5.30. The molecule has 2 rings (SSSR count). The highest BCUT2D eigenvalue weighted by Gasteiger charge is 2.24. The second kappa shape index (κ2) is 6.05. The fourth-order valence-corrected chi connectivity index (χ4v) is 1.96. The van der Waals surface area contributed by atoms with Crippen molar-refractivity contribution in [2.24, 2.45) is 0 Å². The maximum Gasteiger partial charge on any atom is 0.410 e. The number of ether oxygens (including phenoxy) is 1. The summed E-state index contributed by atoms with van der Waals surface area (Å²) in [4.78, 5) is 13.6. The van der Waals surface area contributed by atoms with Crippen LogP contribution in [0.2, 0.25) is 0 Å². The molecule has 1 aliphatic rings. The van der Waals surface area contributed by atoms with E-state index in [1.807, 2.05) is 48.6 Å². The van der Waals surface area contributed by atoms with Gasteiger partial charge in [0.15, 0.2) is 0 Å². The van der Waals surface area contributed by atoms with E-state index in [9.17, 15) is 4.79 Å². The van der Waals surface area contributed by atoms with Crippen LogP contribution in [0.25, 0.3) is 0 Å². The Balaban J connectivity index is 1.86. The van der Waals surface area contributed by atoms with Gasteiger partial charge in [-0.3, -0.25) is 4.90 Å². The van der Waals surface area contributed by atoms with E-state index in [0.29, 0.717) is 13.2 Å². The van der Waals surface area contributed by atoms with Crippen molar-refractivity contribution in [1.29, 1.82) is 0 Å². The summed E-state index contributed by atoms with van der Waals surface area (Å²) in [5.41, 5.74) is 0.998. The van der Waals surface area contributed by atoms with E-state index in [1.165, 1.54) is 0 Å². The highest BCUT2D eigenvalue weighted by Crippen LogP contribution is 2.15. The summed E-state index contributed by atoms with van der Waals surface area (Å²) in [6.07, 6.45) is 6.31. The molecule has 0 radical (unpaired) electrons. The van der Waals surface area contributed by atoms with Gasteiger partial charge in [0.05, 0.1) is 6.04 Å². The largest absolute Gasteiger partial charge is 0.445 e. The third kappa shape index (κ3) is 3.00. The van der Waals surface area contributed by atoms with Crippen molar-refractivity contribution in [3.8, 4) is 0 Å². The molecule has 94 valence electrons. The zero-order valence-electron chi connectivity index (χ0n) is 10.3. The minimum absolute atomic E-state index is 0.0887. The smallest absolute Gasteiger partial charge is 0.410 e. The van der Waals surface area contributed by atoms with Gasteiger partial charge in [-0.2, -0.15) is 0 Å². The normalized spacial score (nSPS) is 17.8. The van der Waals surface area contributed by atoms with Crippen LogP contribution in [0.5, 0.6) is 0 Å². The van der Waals surface area contributed by atoms with Crippen LogP contribution < -0.4 is 0 Å². The molecule has 1 atom stereocenters. The molecule has 0 unspecified atom stereocenters. The first kappa shape index (κ1) is 12.4. The number of carbonyl (C=O) groups excluding carboxylic acids is 1. The van der Waals surface area contributed by atoms with E-state index in [2.05, 4.69) is 6.58 Å². The Kier molecular flexibility index (Phi) is 4.18. The van der Waals surface area contributed by atoms with Crippen LogP contribution in [0, 0.1) is 0 Å². The van der Waals surface area contributed by atoms with Crippen LogP contribution in [-0.2, 0) is 11.3 Å². The number of hydrogen-bond acceptors (Lipinski definition) is 2. The van der Waals surface area contributed by atoms with Crippen molar-refractivity contribution >= 4 is 6.09 Å². The maximum absolute atomic E-state index is 11.9. The van der Waals surface area contributed by atoms with Gasteiger partial charge in [0.25, 0.3) is 0 Å². The molecular formula is C15H17NO2. The summed E-state index contributed by atoms with van der Waals surface area (Å²) in [5.74, 6) is 0. The SMILES string of the molecule is C=CC[C@H]1C=CCN1C(=O)OCc1ccccc1. The number of benzene rings is 1. The van der Waals surface area contributed by atoms with Gasteiger partial charge in [0, 0.05) is 6.54 Å². The lowest BCUT2D eigenvalue weighted by atomic mass is 10.2. The standard InChI is InChI=1S/C15H17NO2/c1-2-7-14-10-6-11-16(14)15(17)18-12-13-8-4-3-5-9-13/h2-6,8-10,14H,1,7,11-12H2/t14-/m0/s1. The van der Waals surface area contributed by atoms with Crippen LogP contribution in [0.15, 0.2) is 55.1 Å². The molecule has 0 spiro atoms. The number of amides is 1. The lowest BCUT2D eigenvalue weighted by Crippen LogP contribution is -2.36. The number of rotatable bonds is 4. The van der Waals surface area contributed by atoms with Gasteiger partial charge >= 0.3 is 6.09 Å². The Bertz CT molecular complexity index is 439. The topological polar surface area (TPSA) is 29.5 Å². The molecule has 3 heteroatoms. The monoisotopic (exact) mass is 243 g/mol. The Hall–Kier alpha value is -2.03. The van der Waals surface area contributed by atoms with Crippen molar-refractivity contribution in [3.05, 3.63) is 60.7 Å². The molecule has 0 N–H and O–H groups in total. The summed E-state index contributed by atoms with van der Waals surface area (Å²) >= 11 is 0. The summed E-state index contributed by atoms with van der Waals surface area (Å²) in [5, 5.41) is 0. The molecule has 1 amide bonds. The fraction of sp³-hybridized carbons (Fsp3) is 0.267. The van der Waals surface area contributed by atoms with E-state index in [0.717, 1.165) is 12.0 Å². The van der Waals surface area contributed by atoms with Gasteiger partial charge in [-0.05, 0) is 12.0 Å². The Labute approximate surface area is 107 Å². The van der Waals surface area contributed by atoms with Crippen LogP contribution >= 0.6 is 0 Å². The molecule has 1 aliphatic heterocycles. The van der Waals surface area contributed by atoms with Crippen molar-refractivity contribution in [2.75, 3.05) is 6.54 Å². The van der Waals surface area contributed by atoms with Gasteiger partial charge in [0.1, 0.15) is 6.61 Å². The van der Waals surface area contributed by atoms with Gasteiger partial charge in [-0.25, -0.2) is 4.79 Å². The van der Waals surface area contributed by atoms with E-state index in [-0.39, 0.29) is 12.1 Å². The van der Waals surface area contributed by atoms with Crippen LogP contribution in [0.3, 0.4) is 0 Å². The van der Waals surface area contributed by atoms with Crippen LogP contribution in [0.4, 0.5) is 4.79 Å². The van der Waals surface area contributed by atoms with E-state index < -0.39 is 0 Å². The Morgan fingerprint density at radius 1 is 1.44 bits per heavy atom. The van der Waals surface area contributed by atoms with Gasteiger partial charge < -0.3 is 4.74 Å². The average Bonchev–Trinajstić information content (AvgIpc) is 2.86. The van der Waals surface area contributed by atoms with Crippen molar-refractivity contribution in [3.63, 3.8) is 0 Å². The molecule has 0 aliphatic carbocycles. The molecule has 0 fully saturated rings. The van der Waals surface area contributed by atoms with E-state index in [4.69, 9.17) is 4.74 Å². The minimum Gasteiger partial charge on any atom is -0.445 e. The second-order valence-corrected chi connectivity index (χ2v) is 4.21. The van der Waals surface area contributed by atoms with E-state index >= 15 is 0 Å². The third-order valence-electron chi connectivity index (χ3n) is 2.91. The molecule has 1 aromatic carbocycles. The summed E-state index contributed by atoms with van der Waals surface area (Å²) in [6.45, 7) is 4.63. The van der Waals surface area contributed by atoms with Gasteiger partial charge in [-0.15, -0.1) is 6.58 Å². The van der Waals surface area contributed by atoms with Crippen molar-refractivity contribution in [1.82, 2.24) is 4.90 Å². The predicted octanol–water partition coefficient (Wildman–Crippen LogP) is 3.14. The van der Waals surface area contributed by atoms with Crippen LogP contribution in [-0.4, -0.2) is 23.6 Å². The molecule has 3 nitrogen and oxygen atoms in total. The molecule has 18 heavy (non-hydrogen) atoms. The van der Waals surface area contributed by atoms with E-state index in [1.54, 1.807) is 4.90 Å². The molecule has 1 heterocycles. The van der Waals surface area contributed by atoms with Crippen LogP contribution in [0.1, 0.15) is 12.0 Å². The van der Waals surface area contributed by atoms with Crippen molar-refractivity contribution in [2.45, 2.75) is 19.1 Å². The second-order valence-electron chi connectivity index (χ2n) is 4.21. The highest BCUT2D eigenvalue weighted by atomic mass is 16.6. The highest BCUT2D eigenvalue weighted by molar-refractivity contribution is 5.69. The zero-order valence-corrected chi connectivity index (χ0v) is 10.3. The first-order valence-electron chi connectivity index (χ1n) is 6.06. The quantitative estimate of drug-likeness (QED) is 0.760. The minimum atomic E-state index is -0.268. The molecular weight excluding hydrogens is 226 g/mol. The summed E-state index contributed by atoms with van der Waals surface area (Å²) in [7, 11) is 0. The van der Waals surface area contributed by atoms with Gasteiger partial charge in [0.2, 0.25) is 0 Å². The molecule has 0 aromatic heterocycles.